The second-order valence-electron chi connectivity index (χ2n) is 3.85. The highest BCUT2D eigenvalue weighted by molar-refractivity contribution is 6.73. The van der Waals surface area contributed by atoms with E-state index in [9.17, 15) is 0 Å². The van der Waals surface area contributed by atoms with Crippen LogP contribution in [0.25, 0.3) is 0 Å². The Morgan fingerprint density at radius 1 is 1.38 bits per heavy atom. The van der Waals surface area contributed by atoms with E-state index in [1.165, 1.54) is 36.7 Å². The number of rotatable bonds is 1. The zero-order chi connectivity index (χ0) is 9.10. The van der Waals surface area contributed by atoms with E-state index in [-0.39, 0.29) is 0 Å². The third-order valence-corrected chi connectivity index (χ3v) is 2.99. The highest BCUT2D eigenvalue weighted by atomic mass is 14.8. The van der Waals surface area contributed by atoms with Gasteiger partial charge in [0.2, 0.25) is 0 Å². The minimum Gasteiger partial charge on any atom is -0.472 e. The highest BCUT2D eigenvalue weighted by Gasteiger charge is 2.15. The van der Waals surface area contributed by atoms with Gasteiger partial charge in [-0.2, -0.15) is 5.47 Å². The van der Waals surface area contributed by atoms with Crippen molar-refractivity contribution >= 4 is 6.85 Å². The largest absolute Gasteiger partial charge is 0.472 e. The monoisotopic (exact) mass is 173 g/mol. The summed E-state index contributed by atoms with van der Waals surface area (Å²) < 4.78 is 0. The molecule has 3 heteroatoms. The minimum atomic E-state index is -0.861. The fraction of sp³-hybridized carbons (Fsp3) is 0.500. The summed E-state index contributed by atoms with van der Waals surface area (Å²) in [4.78, 5) is 0. The van der Waals surface area contributed by atoms with Crippen LogP contribution < -0.4 is 5.23 Å². The van der Waals surface area contributed by atoms with Crippen molar-refractivity contribution in [2.75, 3.05) is 6.54 Å². The average Bonchev–Trinajstić information content (AvgIpc) is 2.67. The zero-order valence-electron chi connectivity index (χ0n) is 7.84. The third-order valence-electron chi connectivity index (χ3n) is 2.99. The molecule has 0 amide bonds. The van der Waals surface area contributed by atoms with Gasteiger partial charge in [-0.05, 0) is 32.2 Å². The molecule has 2 rings (SSSR count). The maximum absolute atomic E-state index is 8.92. The van der Waals surface area contributed by atoms with E-state index in [1.807, 2.05) is 0 Å². The van der Waals surface area contributed by atoms with Gasteiger partial charge in [0.05, 0.1) is 0 Å². The second-order valence-corrected chi connectivity index (χ2v) is 3.85. The van der Waals surface area contributed by atoms with E-state index >= 15 is 0 Å². The van der Waals surface area contributed by atoms with Crippen LogP contribution in [0.3, 0.4) is 0 Å². The van der Waals surface area contributed by atoms with Gasteiger partial charge in [0.1, 0.15) is 0 Å². The van der Waals surface area contributed by atoms with Crippen molar-refractivity contribution in [3.63, 3.8) is 0 Å². The van der Waals surface area contributed by atoms with Crippen LogP contribution in [0.4, 0.5) is 0 Å². The van der Waals surface area contributed by atoms with Crippen molar-refractivity contribution in [1.82, 2.24) is 5.23 Å². The number of nitrogens with one attached hydrogen (secondary N) is 1. The number of hydrogen-bond donors (Lipinski definition) is 1. The van der Waals surface area contributed by atoms with Gasteiger partial charge in [-0.3, -0.25) is 0 Å². The summed E-state index contributed by atoms with van der Waals surface area (Å²) in [5.74, 6) is 2.37. The van der Waals surface area contributed by atoms with Crippen LogP contribution in [0, 0.1) is 11.2 Å². The van der Waals surface area contributed by atoms with Gasteiger partial charge in [-0.25, -0.2) is 5.26 Å². The number of nitriles is 1. The first kappa shape index (κ1) is 8.59. The molecule has 0 saturated carbocycles. The molecule has 1 aliphatic heterocycles. The van der Waals surface area contributed by atoms with Crippen molar-refractivity contribution in [1.29, 1.82) is 5.26 Å². The minimum absolute atomic E-state index is 0.861. The molecule has 1 atom stereocenters. The first-order valence-electron chi connectivity index (χ1n) is 5.14. The van der Waals surface area contributed by atoms with Crippen LogP contribution in [0.5, 0.6) is 0 Å². The molecule has 68 valence electrons. The molecule has 2 aliphatic rings. The van der Waals surface area contributed by atoms with Crippen molar-refractivity contribution in [2.45, 2.75) is 25.7 Å². The van der Waals surface area contributed by atoms with E-state index in [2.05, 4.69) is 23.3 Å². The van der Waals surface area contributed by atoms with Gasteiger partial charge < -0.3 is 5.23 Å². The molecule has 0 aromatic heterocycles. The van der Waals surface area contributed by atoms with Crippen LogP contribution in [0.15, 0.2) is 23.2 Å². The van der Waals surface area contributed by atoms with Crippen LogP contribution in [0.2, 0.25) is 0 Å². The first-order valence-corrected chi connectivity index (χ1v) is 5.14. The first-order chi connectivity index (χ1) is 6.42. The quantitative estimate of drug-likeness (QED) is 0.607. The Kier molecular flexibility index (Phi) is 2.51. The third kappa shape index (κ3) is 1.68. The summed E-state index contributed by atoms with van der Waals surface area (Å²) in [5.41, 5.74) is 2.76. The molecular formula is C10H14BN2-. The van der Waals surface area contributed by atoms with Crippen LogP contribution in [0.1, 0.15) is 25.7 Å². The Bertz CT molecular complexity index is 299. The van der Waals surface area contributed by atoms with Gasteiger partial charge in [0.25, 0.3) is 0 Å². The number of nitrogens with zero attached hydrogens (tertiary/aromatic N) is 1. The number of allylic oxidation sites excluding steroid dienone is 3. The van der Waals surface area contributed by atoms with Gasteiger partial charge >= 0.3 is 0 Å². The van der Waals surface area contributed by atoms with Crippen LogP contribution in [-0.2, 0) is 0 Å². The van der Waals surface area contributed by atoms with E-state index in [4.69, 9.17) is 5.26 Å². The topological polar surface area (TPSA) is 35.8 Å². The average molecular weight is 173 g/mol. The molecule has 13 heavy (non-hydrogen) atoms. The van der Waals surface area contributed by atoms with Crippen molar-refractivity contribution < 1.29 is 0 Å². The highest BCUT2D eigenvalue weighted by Crippen LogP contribution is 2.26. The summed E-state index contributed by atoms with van der Waals surface area (Å²) in [5, 5.41) is 12.2. The molecule has 0 bridgehead atoms. The Morgan fingerprint density at radius 2 is 2.31 bits per heavy atom. The Morgan fingerprint density at radius 3 is 3.00 bits per heavy atom. The lowest BCUT2D eigenvalue weighted by Crippen LogP contribution is -2.29. The normalized spacial score (nSPS) is 27.8. The molecule has 0 aromatic carbocycles. The molecule has 0 radical (unpaired) electrons. The molecular weight excluding hydrogens is 159 g/mol. The Labute approximate surface area is 79.4 Å². The maximum Gasteiger partial charge on any atom is 0.177 e. The van der Waals surface area contributed by atoms with E-state index in [0.29, 0.717) is 0 Å². The standard InChI is InChI=1S/C10H14BN2/c12-8-11-10(6-7-13-11)9-4-2-1-3-5-9/h4,6,11,13H,1-3,5,7H2/q-1. The SMILES string of the molecule is N#C[BH-]1NCC=C1C1=CCCCC1. The Balaban J connectivity index is 2.16. The fourth-order valence-corrected chi connectivity index (χ4v) is 2.25. The molecule has 0 aromatic rings. The maximum atomic E-state index is 8.92. The van der Waals surface area contributed by atoms with E-state index < -0.39 is 6.85 Å². The fourth-order valence-electron chi connectivity index (χ4n) is 2.25. The molecule has 1 heterocycles. The van der Waals surface area contributed by atoms with Gasteiger partial charge in [0.15, 0.2) is 6.85 Å². The lowest BCUT2D eigenvalue weighted by atomic mass is 9.56. The predicted octanol–water partition coefficient (Wildman–Crippen LogP) is 1.34. The Hall–Kier alpha value is -1.01. The summed E-state index contributed by atoms with van der Waals surface area (Å²) in [7, 11) is 0. The van der Waals surface area contributed by atoms with Crippen LogP contribution in [-0.4, -0.2) is 13.4 Å². The lowest BCUT2D eigenvalue weighted by Gasteiger charge is -2.20. The molecule has 0 saturated heterocycles. The van der Waals surface area contributed by atoms with Gasteiger partial charge in [-0.15, -0.1) is 12.0 Å². The molecule has 1 N–H and O–H groups in total. The summed E-state index contributed by atoms with van der Waals surface area (Å²) >= 11 is 0. The summed E-state index contributed by atoms with van der Waals surface area (Å²) in [6.07, 6.45) is 9.50. The summed E-state index contributed by atoms with van der Waals surface area (Å²) in [6, 6.07) is 0. The lowest BCUT2D eigenvalue weighted by molar-refractivity contribution is 0.710. The molecule has 0 fully saturated rings. The summed E-state index contributed by atoms with van der Waals surface area (Å²) in [6.45, 7) is 0.0285. The van der Waals surface area contributed by atoms with Crippen LogP contribution >= 0.6 is 0 Å². The van der Waals surface area contributed by atoms with Gasteiger partial charge in [0, 0.05) is 0 Å². The smallest absolute Gasteiger partial charge is 0.177 e. The van der Waals surface area contributed by atoms with Crippen molar-refractivity contribution in [3.05, 3.63) is 23.2 Å². The zero-order valence-corrected chi connectivity index (χ0v) is 7.84. The molecule has 1 aliphatic carbocycles. The van der Waals surface area contributed by atoms with E-state index in [0.717, 1.165) is 6.54 Å². The molecule has 2 nitrogen and oxygen atoms in total. The van der Waals surface area contributed by atoms with Gasteiger partial charge in [-0.1, -0.05) is 11.6 Å². The second kappa shape index (κ2) is 3.80. The predicted molar refractivity (Wildman–Crippen MR) is 55.4 cm³/mol. The van der Waals surface area contributed by atoms with E-state index in [1.54, 1.807) is 0 Å². The number of hydrogen-bond acceptors (Lipinski definition) is 2. The van der Waals surface area contributed by atoms with Crippen molar-refractivity contribution in [2.24, 2.45) is 0 Å². The molecule has 1 unspecified atom stereocenters. The van der Waals surface area contributed by atoms with Crippen molar-refractivity contribution in [3.8, 4) is 5.97 Å². The molecule has 0 spiro atoms.